The summed E-state index contributed by atoms with van der Waals surface area (Å²) in [4.78, 5) is 21.0. The predicted molar refractivity (Wildman–Crippen MR) is 104 cm³/mol. The molecular weight excluding hydrogens is 342 g/mol. The number of aromatic nitrogens is 2. The van der Waals surface area contributed by atoms with Crippen LogP contribution in [0.3, 0.4) is 0 Å². The average Bonchev–Trinajstić information content (AvgIpc) is 2.67. The summed E-state index contributed by atoms with van der Waals surface area (Å²) >= 11 is 0. The van der Waals surface area contributed by atoms with Gasteiger partial charge in [0.15, 0.2) is 12.4 Å². The van der Waals surface area contributed by atoms with E-state index in [0.717, 1.165) is 22.6 Å². The van der Waals surface area contributed by atoms with E-state index in [9.17, 15) is 4.79 Å². The predicted octanol–water partition coefficient (Wildman–Crippen LogP) is 3.79. The quantitative estimate of drug-likeness (QED) is 0.721. The van der Waals surface area contributed by atoms with Crippen LogP contribution in [-0.4, -0.2) is 29.6 Å². The van der Waals surface area contributed by atoms with E-state index in [-0.39, 0.29) is 12.5 Å². The van der Waals surface area contributed by atoms with Gasteiger partial charge < -0.3 is 14.8 Å². The van der Waals surface area contributed by atoms with Crippen LogP contribution in [0.25, 0.3) is 11.4 Å². The van der Waals surface area contributed by atoms with Crippen molar-refractivity contribution >= 4 is 11.6 Å². The van der Waals surface area contributed by atoms with Gasteiger partial charge in [0, 0.05) is 23.0 Å². The van der Waals surface area contributed by atoms with Crippen molar-refractivity contribution in [1.29, 1.82) is 0 Å². The zero-order chi connectivity index (χ0) is 19.2. The normalized spacial score (nSPS) is 10.3. The van der Waals surface area contributed by atoms with Gasteiger partial charge in [0.05, 0.1) is 7.11 Å². The Kier molecular flexibility index (Phi) is 5.66. The lowest BCUT2D eigenvalue weighted by atomic mass is 10.1. The maximum absolute atomic E-state index is 12.1. The Labute approximate surface area is 158 Å². The summed E-state index contributed by atoms with van der Waals surface area (Å²) in [7, 11) is 1.59. The van der Waals surface area contributed by atoms with Gasteiger partial charge in [-0.1, -0.05) is 29.8 Å². The molecule has 1 N–H and O–H groups in total. The minimum atomic E-state index is -0.270. The molecule has 1 amide bonds. The zero-order valence-electron chi connectivity index (χ0n) is 15.5. The van der Waals surface area contributed by atoms with E-state index in [1.165, 1.54) is 0 Å². The van der Waals surface area contributed by atoms with E-state index in [4.69, 9.17) is 9.47 Å². The van der Waals surface area contributed by atoms with E-state index in [0.29, 0.717) is 17.4 Å². The van der Waals surface area contributed by atoms with Crippen LogP contribution in [0.5, 0.6) is 11.6 Å². The zero-order valence-corrected chi connectivity index (χ0v) is 15.5. The molecule has 0 aliphatic heterocycles. The second-order valence-electron chi connectivity index (χ2n) is 6.10. The van der Waals surface area contributed by atoms with Gasteiger partial charge in [-0.2, -0.15) is 4.98 Å². The SMILES string of the molecule is COc1ccc(NC(=O)COc2cc(C)nc(-c3ccc(C)cc3)n2)cc1. The smallest absolute Gasteiger partial charge is 0.262 e. The molecule has 0 bridgehead atoms. The van der Waals surface area contributed by atoms with E-state index >= 15 is 0 Å². The van der Waals surface area contributed by atoms with Crippen molar-refractivity contribution in [3.8, 4) is 23.0 Å². The Balaban J connectivity index is 1.64. The van der Waals surface area contributed by atoms with Crippen LogP contribution in [0.1, 0.15) is 11.3 Å². The lowest BCUT2D eigenvalue weighted by molar-refractivity contribution is -0.118. The third-order valence-electron chi connectivity index (χ3n) is 3.87. The first-order chi connectivity index (χ1) is 13.0. The van der Waals surface area contributed by atoms with Crippen LogP contribution in [0, 0.1) is 13.8 Å². The number of nitrogens with zero attached hydrogens (tertiary/aromatic N) is 2. The molecule has 6 nitrogen and oxygen atoms in total. The summed E-state index contributed by atoms with van der Waals surface area (Å²) in [5.41, 5.74) is 3.50. The van der Waals surface area contributed by atoms with Crippen molar-refractivity contribution in [3.05, 3.63) is 65.9 Å². The van der Waals surface area contributed by atoms with Crippen LogP contribution >= 0.6 is 0 Å². The number of benzene rings is 2. The topological polar surface area (TPSA) is 73.3 Å². The van der Waals surface area contributed by atoms with Gasteiger partial charge in [-0.05, 0) is 38.1 Å². The van der Waals surface area contributed by atoms with Crippen molar-refractivity contribution in [2.24, 2.45) is 0 Å². The summed E-state index contributed by atoms with van der Waals surface area (Å²) in [6, 6.07) is 16.7. The third-order valence-corrected chi connectivity index (χ3v) is 3.87. The number of amides is 1. The fourth-order valence-corrected chi connectivity index (χ4v) is 2.46. The van der Waals surface area contributed by atoms with E-state index < -0.39 is 0 Å². The number of carbonyl (C=O) groups is 1. The first kappa shape index (κ1) is 18.4. The third kappa shape index (κ3) is 5.04. The number of ether oxygens (including phenoxy) is 2. The molecule has 138 valence electrons. The monoisotopic (exact) mass is 363 g/mol. The standard InChI is InChI=1S/C21H21N3O3/c1-14-4-6-16(7-5-14)21-22-15(2)12-20(24-21)27-13-19(25)23-17-8-10-18(26-3)11-9-17/h4-12H,13H2,1-3H3,(H,23,25). The van der Waals surface area contributed by atoms with Gasteiger partial charge in [-0.3, -0.25) is 4.79 Å². The molecule has 0 aliphatic rings. The largest absolute Gasteiger partial charge is 0.497 e. The molecule has 6 heteroatoms. The summed E-state index contributed by atoms with van der Waals surface area (Å²) in [5, 5.41) is 2.77. The molecule has 0 unspecified atom stereocenters. The van der Waals surface area contributed by atoms with Crippen LogP contribution in [-0.2, 0) is 4.79 Å². The number of methoxy groups -OCH3 is 1. The van der Waals surface area contributed by atoms with E-state index in [1.54, 1.807) is 37.4 Å². The molecule has 0 radical (unpaired) electrons. The lowest BCUT2D eigenvalue weighted by Gasteiger charge is -2.09. The molecule has 1 heterocycles. The molecule has 3 aromatic rings. The van der Waals surface area contributed by atoms with E-state index in [1.807, 2.05) is 38.1 Å². The van der Waals surface area contributed by atoms with Gasteiger partial charge in [-0.15, -0.1) is 0 Å². The van der Waals surface area contributed by atoms with Gasteiger partial charge in [0.25, 0.3) is 5.91 Å². The van der Waals surface area contributed by atoms with Crippen molar-refractivity contribution in [2.75, 3.05) is 19.0 Å². The van der Waals surface area contributed by atoms with Crippen LogP contribution in [0.15, 0.2) is 54.6 Å². The highest BCUT2D eigenvalue weighted by Crippen LogP contribution is 2.20. The van der Waals surface area contributed by atoms with Crippen LogP contribution in [0.4, 0.5) is 5.69 Å². The number of hydrogen-bond acceptors (Lipinski definition) is 5. The van der Waals surface area contributed by atoms with Crippen molar-refractivity contribution < 1.29 is 14.3 Å². The van der Waals surface area contributed by atoms with Gasteiger partial charge in [0.1, 0.15) is 5.75 Å². The van der Waals surface area contributed by atoms with E-state index in [2.05, 4.69) is 15.3 Å². The summed E-state index contributed by atoms with van der Waals surface area (Å²) in [6.45, 7) is 3.75. The minimum absolute atomic E-state index is 0.143. The van der Waals surface area contributed by atoms with Gasteiger partial charge >= 0.3 is 0 Å². The Bertz CT molecular complexity index is 922. The molecule has 0 aliphatic carbocycles. The van der Waals surface area contributed by atoms with Crippen LogP contribution < -0.4 is 14.8 Å². The summed E-state index contributed by atoms with van der Waals surface area (Å²) in [6.07, 6.45) is 0. The highest BCUT2D eigenvalue weighted by molar-refractivity contribution is 5.91. The molecule has 3 rings (SSSR count). The summed E-state index contributed by atoms with van der Waals surface area (Å²) in [5.74, 6) is 1.39. The highest BCUT2D eigenvalue weighted by atomic mass is 16.5. The van der Waals surface area contributed by atoms with Crippen molar-refractivity contribution in [1.82, 2.24) is 9.97 Å². The fourth-order valence-electron chi connectivity index (χ4n) is 2.46. The fraction of sp³-hybridized carbons (Fsp3) is 0.190. The molecule has 0 fully saturated rings. The van der Waals surface area contributed by atoms with Crippen molar-refractivity contribution in [2.45, 2.75) is 13.8 Å². The average molecular weight is 363 g/mol. The Hall–Kier alpha value is -3.41. The molecule has 0 saturated carbocycles. The molecule has 2 aromatic carbocycles. The Morgan fingerprint density at radius 2 is 1.70 bits per heavy atom. The highest BCUT2D eigenvalue weighted by Gasteiger charge is 2.09. The number of carbonyl (C=O) groups excluding carboxylic acids is 1. The van der Waals surface area contributed by atoms with Gasteiger partial charge in [-0.25, -0.2) is 4.98 Å². The second kappa shape index (κ2) is 8.31. The second-order valence-corrected chi connectivity index (χ2v) is 6.10. The molecule has 0 spiro atoms. The Morgan fingerprint density at radius 1 is 1.00 bits per heavy atom. The van der Waals surface area contributed by atoms with Crippen LogP contribution in [0.2, 0.25) is 0 Å². The molecular formula is C21H21N3O3. The van der Waals surface area contributed by atoms with Gasteiger partial charge in [0.2, 0.25) is 5.88 Å². The first-order valence-corrected chi connectivity index (χ1v) is 8.53. The van der Waals surface area contributed by atoms with Crippen molar-refractivity contribution in [3.63, 3.8) is 0 Å². The number of hydrogen-bond donors (Lipinski definition) is 1. The number of nitrogens with one attached hydrogen (secondary N) is 1. The summed E-state index contributed by atoms with van der Waals surface area (Å²) < 4.78 is 10.7. The molecule has 1 aromatic heterocycles. The maximum Gasteiger partial charge on any atom is 0.262 e. The molecule has 0 atom stereocenters. The number of anilines is 1. The minimum Gasteiger partial charge on any atom is -0.497 e. The Morgan fingerprint density at radius 3 is 2.37 bits per heavy atom. The number of aryl methyl sites for hydroxylation is 2. The molecule has 27 heavy (non-hydrogen) atoms. The lowest BCUT2D eigenvalue weighted by Crippen LogP contribution is -2.20. The number of rotatable bonds is 6. The molecule has 0 saturated heterocycles. The first-order valence-electron chi connectivity index (χ1n) is 8.53. The maximum atomic E-state index is 12.1.